The number of hydrogen-bond acceptors (Lipinski definition) is 5. The highest BCUT2D eigenvalue weighted by Gasteiger charge is 2.23. The summed E-state index contributed by atoms with van der Waals surface area (Å²) in [5.41, 5.74) is 11.1. The second kappa shape index (κ2) is 13.0. The van der Waals surface area contributed by atoms with Gasteiger partial charge in [0, 0.05) is 55.9 Å². The Hall–Kier alpha value is -7.70. The molecule has 0 spiro atoms. The van der Waals surface area contributed by atoms with E-state index >= 15 is 0 Å². The first-order valence-corrected chi connectivity index (χ1v) is 18.6. The second-order valence-electron chi connectivity index (χ2n) is 13.8. The first-order valence-electron chi connectivity index (χ1n) is 18.6. The third-order valence-electron chi connectivity index (χ3n) is 10.5. The first kappa shape index (κ1) is 31.8. The van der Waals surface area contributed by atoms with Crippen LogP contribution in [-0.2, 0) is 0 Å². The molecule has 0 saturated carbocycles. The number of furan rings is 1. The average Bonchev–Trinajstić information content (AvgIpc) is 3.83. The van der Waals surface area contributed by atoms with E-state index in [1.54, 1.807) is 0 Å². The van der Waals surface area contributed by atoms with Crippen molar-refractivity contribution in [2.45, 2.75) is 0 Å². The number of rotatable bonds is 6. The van der Waals surface area contributed by atoms with Gasteiger partial charge >= 0.3 is 0 Å². The fourth-order valence-electron chi connectivity index (χ4n) is 7.92. The van der Waals surface area contributed by atoms with E-state index in [4.69, 9.17) is 24.4 Å². The highest BCUT2D eigenvalue weighted by molar-refractivity contribution is 6.24. The molecule has 0 atom stereocenters. The Bertz CT molecular complexity index is 3170. The van der Waals surface area contributed by atoms with Crippen molar-refractivity contribution in [2.75, 3.05) is 0 Å². The van der Waals surface area contributed by atoms with Crippen molar-refractivity contribution < 1.29 is 4.42 Å². The van der Waals surface area contributed by atoms with Crippen LogP contribution in [0.25, 0.3) is 106 Å². The smallest absolute Gasteiger partial charge is 0.166 e. The normalized spacial score (nSPS) is 11.6. The molecule has 0 aliphatic heterocycles. The SMILES string of the molecule is c1ccc(-c2cnc(-c3cccc4c3oc3c4ccc4c3c3ccccc3n4-c3ccccc3)c(-c3nc(-c4ccccc4)nc(-c4ccccc4)n3)c2)cc1. The number of nitrogens with zero attached hydrogens (tertiary/aromatic N) is 5. The molecule has 0 bridgehead atoms. The third-order valence-corrected chi connectivity index (χ3v) is 10.5. The van der Waals surface area contributed by atoms with Gasteiger partial charge < -0.3 is 8.98 Å². The Balaban J connectivity index is 1.19. The van der Waals surface area contributed by atoms with Crippen molar-refractivity contribution in [3.05, 3.63) is 188 Å². The molecule has 56 heavy (non-hydrogen) atoms. The molecule has 11 aromatic rings. The predicted octanol–water partition coefficient (Wildman–Crippen LogP) is 12.6. The van der Waals surface area contributed by atoms with Crippen molar-refractivity contribution >= 4 is 43.7 Å². The minimum absolute atomic E-state index is 0.527. The van der Waals surface area contributed by atoms with Crippen LogP contribution in [0, 0.1) is 0 Å². The number of aromatic nitrogens is 5. The van der Waals surface area contributed by atoms with Crippen LogP contribution in [0.15, 0.2) is 193 Å². The lowest BCUT2D eigenvalue weighted by Crippen LogP contribution is -2.02. The molecule has 0 aliphatic carbocycles. The summed E-state index contributed by atoms with van der Waals surface area (Å²) in [6.07, 6.45) is 1.93. The fraction of sp³-hybridized carbons (Fsp3) is 0. The van der Waals surface area contributed by atoms with E-state index in [9.17, 15) is 0 Å². The van der Waals surface area contributed by atoms with Gasteiger partial charge in [-0.05, 0) is 48.0 Å². The maximum Gasteiger partial charge on any atom is 0.166 e. The summed E-state index contributed by atoms with van der Waals surface area (Å²) in [5, 5.41) is 4.27. The molecule has 0 radical (unpaired) electrons. The Kier molecular flexibility index (Phi) is 7.38. The fourth-order valence-corrected chi connectivity index (χ4v) is 7.92. The Morgan fingerprint density at radius 3 is 1.66 bits per heavy atom. The summed E-state index contributed by atoms with van der Waals surface area (Å²) in [5.74, 6) is 1.70. The summed E-state index contributed by atoms with van der Waals surface area (Å²) in [6.45, 7) is 0. The standard InChI is InChI=1S/C50H31N5O/c1-5-16-32(17-6-1)35-30-41(50-53-48(33-18-7-2-8-19-33)52-49(54-50)34-20-9-3-10-21-34)45(51-31-35)40-26-15-25-37-38-28-29-43-44(47(38)56-46(37)40)39-24-13-14-27-42(39)55(43)36-22-11-4-12-23-36/h1-31H. The zero-order valence-electron chi connectivity index (χ0n) is 30.0. The summed E-state index contributed by atoms with van der Waals surface area (Å²) < 4.78 is 9.41. The molecular formula is C50H31N5O. The summed E-state index contributed by atoms with van der Waals surface area (Å²) in [4.78, 5) is 20.5. The minimum Gasteiger partial charge on any atom is -0.455 e. The lowest BCUT2D eigenvalue weighted by Gasteiger charge is -2.13. The maximum absolute atomic E-state index is 7.09. The first-order chi connectivity index (χ1) is 27.8. The number of fused-ring (bicyclic) bond motifs is 7. The Morgan fingerprint density at radius 1 is 0.393 bits per heavy atom. The number of hydrogen-bond donors (Lipinski definition) is 0. The molecule has 4 aromatic heterocycles. The van der Waals surface area contributed by atoms with Gasteiger partial charge in [0.15, 0.2) is 17.5 Å². The third kappa shape index (κ3) is 5.19. The lowest BCUT2D eigenvalue weighted by molar-refractivity contribution is 0.674. The number of pyridine rings is 1. The van der Waals surface area contributed by atoms with Crippen molar-refractivity contribution in [1.82, 2.24) is 24.5 Å². The van der Waals surface area contributed by atoms with Gasteiger partial charge in [-0.1, -0.05) is 140 Å². The van der Waals surface area contributed by atoms with Crippen molar-refractivity contribution in [2.24, 2.45) is 0 Å². The zero-order valence-corrected chi connectivity index (χ0v) is 30.0. The maximum atomic E-state index is 7.09. The molecule has 11 rings (SSSR count). The van der Waals surface area contributed by atoms with E-state index in [0.29, 0.717) is 17.5 Å². The molecule has 0 aliphatic rings. The molecule has 4 heterocycles. The average molecular weight is 718 g/mol. The zero-order chi connectivity index (χ0) is 37.0. The highest BCUT2D eigenvalue weighted by atomic mass is 16.3. The summed E-state index contributed by atoms with van der Waals surface area (Å²) in [7, 11) is 0. The number of para-hydroxylation sites is 3. The van der Waals surface area contributed by atoms with Gasteiger partial charge in [-0.25, -0.2) is 15.0 Å². The number of benzene rings is 7. The van der Waals surface area contributed by atoms with Crippen LogP contribution in [0.5, 0.6) is 0 Å². The van der Waals surface area contributed by atoms with Gasteiger partial charge in [-0.2, -0.15) is 0 Å². The van der Waals surface area contributed by atoms with Gasteiger partial charge in [0.1, 0.15) is 11.2 Å². The highest BCUT2D eigenvalue weighted by Crippen LogP contribution is 2.44. The molecule has 262 valence electrons. The Morgan fingerprint density at radius 2 is 0.964 bits per heavy atom. The summed E-state index contributed by atoms with van der Waals surface area (Å²) >= 11 is 0. The van der Waals surface area contributed by atoms with Gasteiger partial charge in [-0.3, -0.25) is 4.98 Å². The van der Waals surface area contributed by atoms with Crippen LogP contribution < -0.4 is 0 Å². The van der Waals surface area contributed by atoms with Gasteiger partial charge in [-0.15, -0.1) is 0 Å². The lowest BCUT2D eigenvalue weighted by atomic mass is 9.98. The molecule has 0 N–H and O–H groups in total. The van der Waals surface area contributed by atoms with Crippen LogP contribution >= 0.6 is 0 Å². The monoisotopic (exact) mass is 717 g/mol. The largest absolute Gasteiger partial charge is 0.455 e. The van der Waals surface area contributed by atoms with E-state index in [1.807, 2.05) is 91.1 Å². The van der Waals surface area contributed by atoms with Crippen molar-refractivity contribution in [1.29, 1.82) is 0 Å². The molecular weight excluding hydrogens is 687 g/mol. The van der Waals surface area contributed by atoms with Gasteiger partial charge in [0.2, 0.25) is 0 Å². The van der Waals surface area contributed by atoms with E-state index in [1.165, 1.54) is 0 Å². The quantitative estimate of drug-likeness (QED) is 0.171. The van der Waals surface area contributed by atoms with Crippen molar-refractivity contribution in [3.8, 4) is 62.2 Å². The molecule has 0 unspecified atom stereocenters. The van der Waals surface area contributed by atoms with Crippen LogP contribution in [-0.4, -0.2) is 24.5 Å². The molecule has 0 amide bonds. The van der Waals surface area contributed by atoms with E-state index in [-0.39, 0.29) is 0 Å². The molecule has 6 heteroatoms. The summed E-state index contributed by atoms with van der Waals surface area (Å²) in [6, 6.07) is 62.3. The van der Waals surface area contributed by atoms with E-state index in [2.05, 4.69) is 102 Å². The van der Waals surface area contributed by atoms with Gasteiger partial charge in [0.25, 0.3) is 0 Å². The minimum atomic E-state index is 0.527. The molecule has 0 saturated heterocycles. The topological polar surface area (TPSA) is 69.6 Å². The Labute approximate surface area is 322 Å². The molecule has 0 fully saturated rings. The van der Waals surface area contributed by atoms with Crippen molar-refractivity contribution in [3.63, 3.8) is 0 Å². The van der Waals surface area contributed by atoms with E-state index < -0.39 is 0 Å². The molecule has 6 nitrogen and oxygen atoms in total. The van der Waals surface area contributed by atoms with Gasteiger partial charge in [0.05, 0.1) is 22.1 Å². The van der Waals surface area contributed by atoms with Crippen LogP contribution in [0.1, 0.15) is 0 Å². The van der Waals surface area contributed by atoms with Crippen LogP contribution in [0.4, 0.5) is 0 Å². The van der Waals surface area contributed by atoms with E-state index in [0.717, 1.165) is 88.5 Å². The van der Waals surface area contributed by atoms with Crippen LogP contribution in [0.3, 0.4) is 0 Å². The predicted molar refractivity (Wildman–Crippen MR) is 226 cm³/mol. The van der Waals surface area contributed by atoms with Crippen LogP contribution in [0.2, 0.25) is 0 Å². The molecule has 7 aromatic carbocycles. The second-order valence-corrected chi connectivity index (χ2v) is 13.8.